The van der Waals surface area contributed by atoms with Gasteiger partial charge in [0.05, 0.1) is 11.0 Å². The summed E-state index contributed by atoms with van der Waals surface area (Å²) in [6.07, 6.45) is 0.131. The minimum atomic E-state index is -4.67. The summed E-state index contributed by atoms with van der Waals surface area (Å²) in [6.45, 7) is -0.520. The van der Waals surface area contributed by atoms with Gasteiger partial charge in [-0.2, -0.15) is 13.2 Å². The monoisotopic (exact) mass is 431 g/mol. The van der Waals surface area contributed by atoms with Crippen LogP contribution in [0.3, 0.4) is 0 Å². The molecule has 1 aromatic heterocycles. The molecule has 3 aromatic rings. The van der Waals surface area contributed by atoms with Crippen LogP contribution in [0.1, 0.15) is 37.9 Å². The van der Waals surface area contributed by atoms with Crippen molar-refractivity contribution in [1.82, 2.24) is 9.55 Å². The Labute approximate surface area is 176 Å². The van der Waals surface area contributed by atoms with E-state index in [0.717, 1.165) is 36.7 Å². The zero-order valence-corrected chi connectivity index (χ0v) is 16.5. The maximum absolute atomic E-state index is 13.4. The average molecular weight is 431 g/mol. The Morgan fingerprint density at radius 2 is 1.81 bits per heavy atom. The van der Waals surface area contributed by atoms with Gasteiger partial charge in [-0.05, 0) is 37.1 Å². The molecular formula is C22H20F3N3O3. The average Bonchev–Trinajstić information content (AvgIpc) is 3.26. The number of benzene rings is 2. The third kappa shape index (κ3) is 3.68. The van der Waals surface area contributed by atoms with Crippen LogP contribution in [-0.2, 0) is 17.5 Å². The number of ether oxygens (including phenoxy) is 2. The summed E-state index contributed by atoms with van der Waals surface area (Å²) in [5.41, 5.74) is 0.858. The molecule has 6 nitrogen and oxygen atoms in total. The molecule has 0 atom stereocenters. The normalized spacial score (nSPS) is 17.3. The van der Waals surface area contributed by atoms with Crippen LogP contribution < -0.4 is 14.8 Å². The van der Waals surface area contributed by atoms with Gasteiger partial charge in [-0.15, -0.1) is 0 Å². The Hall–Kier alpha value is -3.23. The van der Waals surface area contributed by atoms with E-state index >= 15 is 0 Å². The van der Waals surface area contributed by atoms with E-state index in [4.69, 9.17) is 9.47 Å². The zero-order valence-electron chi connectivity index (χ0n) is 16.5. The Kier molecular flexibility index (Phi) is 4.56. The number of halogens is 3. The molecule has 9 heteroatoms. The second kappa shape index (κ2) is 7.18. The molecule has 1 saturated carbocycles. The fourth-order valence-corrected chi connectivity index (χ4v) is 4.26. The fourth-order valence-electron chi connectivity index (χ4n) is 4.26. The highest BCUT2D eigenvalue weighted by Crippen LogP contribution is 2.46. The third-order valence-corrected chi connectivity index (χ3v) is 5.64. The van der Waals surface area contributed by atoms with Crippen LogP contribution in [0, 0.1) is 0 Å². The van der Waals surface area contributed by atoms with Gasteiger partial charge in [-0.25, -0.2) is 4.98 Å². The Bertz CT molecular complexity index is 1150. The van der Waals surface area contributed by atoms with Gasteiger partial charge in [-0.1, -0.05) is 18.6 Å². The molecule has 1 spiro atoms. The van der Waals surface area contributed by atoms with Gasteiger partial charge in [0.25, 0.3) is 5.79 Å². The molecule has 2 heterocycles. The van der Waals surface area contributed by atoms with Crippen molar-refractivity contribution in [3.63, 3.8) is 0 Å². The molecule has 1 aliphatic heterocycles. The highest BCUT2D eigenvalue weighted by molar-refractivity contribution is 5.92. The van der Waals surface area contributed by atoms with Crippen LogP contribution in [0.25, 0.3) is 11.0 Å². The van der Waals surface area contributed by atoms with Gasteiger partial charge in [0, 0.05) is 24.6 Å². The van der Waals surface area contributed by atoms with Crippen LogP contribution in [-0.4, -0.2) is 21.2 Å². The number of rotatable bonds is 3. The summed E-state index contributed by atoms with van der Waals surface area (Å²) in [4.78, 5) is 16.3. The van der Waals surface area contributed by atoms with Crippen molar-refractivity contribution in [1.29, 1.82) is 0 Å². The maximum Gasteiger partial charge on any atom is 0.449 e. The van der Waals surface area contributed by atoms with E-state index in [0.29, 0.717) is 17.2 Å². The largest absolute Gasteiger partial charge is 0.449 e. The first-order valence-corrected chi connectivity index (χ1v) is 10.2. The highest BCUT2D eigenvalue weighted by Gasteiger charge is 2.42. The first-order valence-electron chi connectivity index (χ1n) is 10.2. The lowest BCUT2D eigenvalue weighted by molar-refractivity contribution is -0.147. The van der Waals surface area contributed by atoms with E-state index in [1.165, 1.54) is 12.1 Å². The standard InChI is InChI=1S/C22H20F3N3O3/c23-22(24,25)20-27-15-6-2-3-7-16(15)28(20)13-19(29)26-14-8-9-17-18(12-14)31-21(30-17)10-4-1-5-11-21/h2-3,6-9,12H,1,4-5,10-11,13H2,(H,26,29). The van der Waals surface area contributed by atoms with Crippen LogP contribution in [0.2, 0.25) is 0 Å². The molecule has 5 rings (SSSR count). The summed E-state index contributed by atoms with van der Waals surface area (Å²) in [6, 6.07) is 11.2. The third-order valence-electron chi connectivity index (χ3n) is 5.64. The van der Waals surface area contributed by atoms with Gasteiger partial charge in [0.15, 0.2) is 11.5 Å². The predicted octanol–water partition coefficient (Wildman–Crippen LogP) is 5.13. The number of anilines is 1. The van der Waals surface area contributed by atoms with E-state index in [2.05, 4.69) is 10.3 Å². The number of hydrogen-bond acceptors (Lipinski definition) is 4. The first kappa shape index (κ1) is 19.7. The van der Waals surface area contributed by atoms with Crippen molar-refractivity contribution < 1.29 is 27.4 Å². The molecule has 2 aliphatic rings. The van der Waals surface area contributed by atoms with Crippen molar-refractivity contribution in [2.45, 2.75) is 50.6 Å². The minimum absolute atomic E-state index is 0.184. The number of aromatic nitrogens is 2. The van der Waals surface area contributed by atoms with Crippen LogP contribution >= 0.6 is 0 Å². The molecule has 1 N–H and O–H groups in total. The zero-order chi connectivity index (χ0) is 21.6. The number of fused-ring (bicyclic) bond motifs is 2. The van der Waals surface area contributed by atoms with Crippen LogP contribution in [0.4, 0.5) is 18.9 Å². The summed E-state index contributed by atoms with van der Waals surface area (Å²) >= 11 is 0. The van der Waals surface area contributed by atoms with Crippen molar-refractivity contribution in [2.75, 3.05) is 5.32 Å². The second-order valence-corrected chi connectivity index (χ2v) is 7.89. The van der Waals surface area contributed by atoms with Gasteiger partial charge in [0.1, 0.15) is 6.54 Å². The number of amides is 1. The first-order chi connectivity index (χ1) is 14.8. The molecule has 1 amide bonds. The topological polar surface area (TPSA) is 65.4 Å². The number of imidazole rings is 1. The molecule has 0 saturated heterocycles. The van der Waals surface area contributed by atoms with Crippen LogP contribution in [0.15, 0.2) is 42.5 Å². The van der Waals surface area contributed by atoms with Gasteiger partial charge in [0.2, 0.25) is 11.7 Å². The van der Waals surface area contributed by atoms with E-state index < -0.39 is 30.2 Å². The lowest BCUT2D eigenvalue weighted by Crippen LogP contribution is -2.40. The van der Waals surface area contributed by atoms with Crippen LogP contribution in [0.5, 0.6) is 11.5 Å². The molecule has 162 valence electrons. The summed E-state index contributed by atoms with van der Waals surface area (Å²) in [7, 11) is 0. The number of nitrogens with zero attached hydrogens (tertiary/aromatic N) is 2. The predicted molar refractivity (Wildman–Crippen MR) is 107 cm³/mol. The quantitative estimate of drug-likeness (QED) is 0.625. The molecule has 0 unspecified atom stereocenters. The Morgan fingerprint density at radius 3 is 2.58 bits per heavy atom. The molecule has 31 heavy (non-hydrogen) atoms. The lowest BCUT2D eigenvalue weighted by Gasteiger charge is -2.31. The number of alkyl halides is 3. The minimum Gasteiger partial charge on any atom is -0.448 e. The molecular weight excluding hydrogens is 411 g/mol. The number of hydrogen-bond donors (Lipinski definition) is 1. The Balaban J connectivity index is 1.35. The van der Waals surface area contributed by atoms with Crippen molar-refractivity contribution in [3.05, 3.63) is 48.3 Å². The fraction of sp³-hybridized carbons (Fsp3) is 0.364. The molecule has 2 aromatic carbocycles. The van der Waals surface area contributed by atoms with Gasteiger partial charge < -0.3 is 19.4 Å². The van der Waals surface area contributed by atoms with E-state index in [-0.39, 0.29) is 11.0 Å². The second-order valence-electron chi connectivity index (χ2n) is 7.89. The van der Waals surface area contributed by atoms with E-state index in [1.54, 1.807) is 30.3 Å². The summed E-state index contributed by atoms with van der Waals surface area (Å²) in [5, 5.41) is 2.65. The molecule has 1 fully saturated rings. The molecule has 0 radical (unpaired) electrons. The van der Waals surface area contributed by atoms with Gasteiger partial charge >= 0.3 is 6.18 Å². The van der Waals surface area contributed by atoms with Crippen molar-refractivity contribution >= 4 is 22.6 Å². The van der Waals surface area contributed by atoms with Gasteiger partial charge in [-0.3, -0.25) is 4.79 Å². The lowest BCUT2D eigenvalue weighted by atomic mass is 9.94. The van der Waals surface area contributed by atoms with E-state index in [9.17, 15) is 18.0 Å². The molecule has 0 bridgehead atoms. The Morgan fingerprint density at radius 1 is 1.06 bits per heavy atom. The smallest absolute Gasteiger partial charge is 0.448 e. The maximum atomic E-state index is 13.4. The number of carbonyl (C=O) groups excluding carboxylic acids is 1. The van der Waals surface area contributed by atoms with Crippen molar-refractivity contribution in [2.24, 2.45) is 0 Å². The number of para-hydroxylation sites is 2. The molecule has 1 aliphatic carbocycles. The number of carbonyl (C=O) groups is 1. The highest BCUT2D eigenvalue weighted by atomic mass is 19.4. The van der Waals surface area contributed by atoms with E-state index in [1.807, 2.05) is 0 Å². The van der Waals surface area contributed by atoms with Crippen molar-refractivity contribution in [3.8, 4) is 11.5 Å². The SMILES string of the molecule is O=C(Cn1c(C(F)(F)F)nc2ccccc21)Nc1ccc2c(c1)OC1(CCCCC1)O2. The number of nitrogens with one attached hydrogen (secondary N) is 1. The summed E-state index contributed by atoms with van der Waals surface area (Å²) in [5.74, 6) is -1.20. The summed E-state index contributed by atoms with van der Waals surface area (Å²) < 4.78 is 53.3.